The van der Waals surface area contributed by atoms with Crippen LogP contribution in [-0.4, -0.2) is 25.2 Å². The Kier molecular flexibility index (Phi) is 6.35. The molecule has 7 nitrogen and oxygen atoms in total. The normalized spacial score (nSPS) is 13.4. The van der Waals surface area contributed by atoms with Crippen molar-refractivity contribution in [3.05, 3.63) is 82.4 Å². The third kappa shape index (κ3) is 4.69. The number of ether oxygens (including phenoxy) is 2. The Morgan fingerprint density at radius 2 is 1.79 bits per heavy atom. The fourth-order valence-electron chi connectivity index (χ4n) is 3.70. The van der Waals surface area contributed by atoms with Crippen LogP contribution in [0.5, 0.6) is 5.75 Å². The molecule has 174 valence electrons. The molecule has 0 fully saturated rings. The summed E-state index contributed by atoms with van der Waals surface area (Å²) < 4.78 is 40.1. The number of benzene rings is 3. The summed E-state index contributed by atoms with van der Waals surface area (Å²) in [5.74, 6) is 1.36. The van der Waals surface area contributed by atoms with Gasteiger partial charge in [-0.05, 0) is 42.8 Å². The SMILES string of the molecule is Cc1ccccc1S(=O)(=O)Nc1nc2ccccc2nc1SCc1cc(Cl)cc2c1OCOC2. The van der Waals surface area contributed by atoms with Gasteiger partial charge in [0, 0.05) is 21.9 Å². The van der Waals surface area contributed by atoms with E-state index in [1.54, 1.807) is 37.3 Å². The van der Waals surface area contributed by atoms with Crippen LogP contribution in [0.2, 0.25) is 5.02 Å². The summed E-state index contributed by atoms with van der Waals surface area (Å²) in [4.78, 5) is 9.47. The number of halogens is 1. The summed E-state index contributed by atoms with van der Waals surface area (Å²) in [7, 11) is -3.87. The number of aryl methyl sites for hydroxylation is 1. The molecule has 2 heterocycles. The van der Waals surface area contributed by atoms with E-state index in [2.05, 4.69) is 9.71 Å². The van der Waals surface area contributed by atoms with Crippen LogP contribution in [0.4, 0.5) is 5.82 Å². The maximum absolute atomic E-state index is 13.2. The molecular formula is C24H20ClN3O4S2. The number of aromatic nitrogens is 2. The van der Waals surface area contributed by atoms with Gasteiger partial charge in [0.15, 0.2) is 12.6 Å². The average Bonchev–Trinajstić information content (AvgIpc) is 2.82. The summed E-state index contributed by atoms with van der Waals surface area (Å²) in [6.45, 7) is 2.34. The number of fused-ring (bicyclic) bond motifs is 2. The van der Waals surface area contributed by atoms with Crippen molar-refractivity contribution in [1.82, 2.24) is 9.97 Å². The first kappa shape index (κ1) is 22.9. The molecule has 1 aliphatic rings. The fraction of sp³-hybridized carbons (Fsp3) is 0.167. The lowest BCUT2D eigenvalue weighted by atomic mass is 10.1. The van der Waals surface area contributed by atoms with Crippen molar-refractivity contribution in [1.29, 1.82) is 0 Å². The largest absolute Gasteiger partial charge is 0.467 e. The van der Waals surface area contributed by atoms with Gasteiger partial charge in [-0.1, -0.05) is 53.7 Å². The van der Waals surface area contributed by atoms with E-state index in [4.69, 9.17) is 26.1 Å². The van der Waals surface area contributed by atoms with Crippen molar-refractivity contribution in [3.63, 3.8) is 0 Å². The van der Waals surface area contributed by atoms with Crippen LogP contribution in [0.25, 0.3) is 11.0 Å². The van der Waals surface area contributed by atoms with Crippen LogP contribution in [0.3, 0.4) is 0 Å². The van der Waals surface area contributed by atoms with E-state index in [1.165, 1.54) is 11.8 Å². The molecule has 34 heavy (non-hydrogen) atoms. The number of thioether (sulfide) groups is 1. The van der Waals surface area contributed by atoms with Gasteiger partial charge < -0.3 is 9.47 Å². The standard InChI is InChI=1S/C24H20ClN3O4S2/c1-15-6-2-5-9-21(15)34(29,30)28-23-24(27-20-8-4-3-7-19(20)26-23)33-13-17-11-18(25)10-16-12-31-14-32-22(16)17/h2-11H,12-14H2,1H3,(H,26,28). The Hall–Kier alpha value is -2.85. The van der Waals surface area contributed by atoms with E-state index in [0.717, 1.165) is 16.9 Å². The van der Waals surface area contributed by atoms with Crippen molar-refractivity contribution in [2.75, 3.05) is 11.5 Å². The highest BCUT2D eigenvalue weighted by Crippen LogP contribution is 2.37. The predicted octanol–water partition coefficient (Wildman–Crippen LogP) is 5.55. The maximum Gasteiger partial charge on any atom is 0.263 e. The number of sulfonamides is 1. The Balaban J connectivity index is 1.52. The fourth-order valence-corrected chi connectivity index (χ4v) is 6.19. The molecule has 0 radical (unpaired) electrons. The average molecular weight is 514 g/mol. The van der Waals surface area contributed by atoms with E-state index < -0.39 is 10.0 Å². The molecule has 0 saturated heterocycles. The molecule has 0 bridgehead atoms. The Morgan fingerprint density at radius 1 is 1.06 bits per heavy atom. The third-order valence-corrected chi connectivity index (χ3v) is 8.00. The highest BCUT2D eigenvalue weighted by atomic mass is 35.5. The van der Waals surface area contributed by atoms with E-state index in [9.17, 15) is 8.42 Å². The molecule has 0 saturated carbocycles. The van der Waals surface area contributed by atoms with Crippen LogP contribution in [0.15, 0.2) is 70.6 Å². The smallest absolute Gasteiger partial charge is 0.263 e. The number of nitrogens with one attached hydrogen (secondary N) is 1. The minimum Gasteiger partial charge on any atom is -0.467 e. The second-order valence-electron chi connectivity index (χ2n) is 7.69. The lowest BCUT2D eigenvalue weighted by molar-refractivity contribution is -0.0168. The molecule has 0 amide bonds. The lowest BCUT2D eigenvalue weighted by Gasteiger charge is -2.21. The molecule has 1 aliphatic heterocycles. The van der Waals surface area contributed by atoms with Crippen molar-refractivity contribution in [2.24, 2.45) is 0 Å². The first-order valence-electron chi connectivity index (χ1n) is 10.4. The second-order valence-corrected chi connectivity index (χ2v) is 10.7. The second kappa shape index (κ2) is 9.42. The topological polar surface area (TPSA) is 90.4 Å². The predicted molar refractivity (Wildman–Crippen MR) is 133 cm³/mol. The van der Waals surface area contributed by atoms with E-state index in [1.807, 2.05) is 30.3 Å². The Bertz CT molecular complexity index is 1500. The zero-order chi connectivity index (χ0) is 23.7. The first-order valence-corrected chi connectivity index (χ1v) is 13.3. The summed E-state index contributed by atoms with van der Waals surface area (Å²) >= 11 is 7.66. The van der Waals surface area contributed by atoms with E-state index >= 15 is 0 Å². The Labute approximate surface area is 206 Å². The monoisotopic (exact) mass is 513 g/mol. The molecule has 5 rings (SSSR count). The van der Waals surface area contributed by atoms with Gasteiger partial charge in [0.05, 0.1) is 22.5 Å². The molecule has 0 aliphatic carbocycles. The molecule has 3 aromatic carbocycles. The summed E-state index contributed by atoms with van der Waals surface area (Å²) in [5, 5.41) is 1.03. The van der Waals surface area contributed by atoms with Crippen LogP contribution in [-0.2, 0) is 27.1 Å². The molecule has 4 aromatic rings. The van der Waals surface area contributed by atoms with Gasteiger partial charge in [-0.2, -0.15) is 0 Å². The first-order chi connectivity index (χ1) is 16.4. The van der Waals surface area contributed by atoms with Crippen LogP contribution >= 0.6 is 23.4 Å². The van der Waals surface area contributed by atoms with Gasteiger partial charge >= 0.3 is 0 Å². The molecule has 0 unspecified atom stereocenters. The van der Waals surface area contributed by atoms with Crippen molar-refractivity contribution >= 4 is 50.2 Å². The number of hydrogen-bond acceptors (Lipinski definition) is 7. The highest BCUT2D eigenvalue weighted by molar-refractivity contribution is 7.98. The van der Waals surface area contributed by atoms with Gasteiger partial charge in [-0.15, -0.1) is 0 Å². The molecule has 0 atom stereocenters. The van der Waals surface area contributed by atoms with Crippen LogP contribution in [0.1, 0.15) is 16.7 Å². The van der Waals surface area contributed by atoms with E-state index in [-0.39, 0.29) is 17.5 Å². The summed E-state index contributed by atoms with van der Waals surface area (Å²) in [6, 6.07) is 17.8. The minimum absolute atomic E-state index is 0.170. The van der Waals surface area contributed by atoms with Gasteiger partial charge in [0.25, 0.3) is 10.0 Å². The molecular weight excluding hydrogens is 494 g/mol. The highest BCUT2D eigenvalue weighted by Gasteiger charge is 2.22. The molecule has 0 spiro atoms. The van der Waals surface area contributed by atoms with Gasteiger partial charge in [0.2, 0.25) is 0 Å². The van der Waals surface area contributed by atoms with Gasteiger partial charge in [-0.25, -0.2) is 18.4 Å². The lowest BCUT2D eigenvalue weighted by Crippen LogP contribution is -2.16. The van der Waals surface area contributed by atoms with Gasteiger partial charge in [0.1, 0.15) is 10.8 Å². The van der Waals surface area contributed by atoms with Crippen LogP contribution in [0, 0.1) is 6.92 Å². The maximum atomic E-state index is 13.2. The molecule has 1 aromatic heterocycles. The van der Waals surface area contributed by atoms with Crippen LogP contribution < -0.4 is 9.46 Å². The van der Waals surface area contributed by atoms with Crippen molar-refractivity contribution in [3.8, 4) is 5.75 Å². The van der Waals surface area contributed by atoms with Crippen molar-refractivity contribution < 1.29 is 17.9 Å². The summed E-state index contributed by atoms with van der Waals surface area (Å²) in [6.07, 6.45) is 0. The number of rotatable bonds is 6. The zero-order valence-corrected chi connectivity index (χ0v) is 20.5. The third-order valence-electron chi connectivity index (χ3n) is 5.27. The number of anilines is 1. The quantitative estimate of drug-likeness (QED) is 0.338. The van der Waals surface area contributed by atoms with Gasteiger partial charge in [-0.3, -0.25) is 4.72 Å². The number of nitrogens with zero attached hydrogens (tertiary/aromatic N) is 2. The molecule has 10 heteroatoms. The zero-order valence-electron chi connectivity index (χ0n) is 18.1. The minimum atomic E-state index is -3.87. The Morgan fingerprint density at radius 3 is 2.59 bits per heavy atom. The van der Waals surface area contributed by atoms with E-state index in [0.29, 0.717) is 39.0 Å². The van der Waals surface area contributed by atoms with Crippen molar-refractivity contribution in [2.45, 2.75) is 29.2 Å². The summed E-state index contributed by atoms with van der Waals surface area (Å²) in [5.41, 5.74) is 3.65. The number of hydrogen-bond donors (Lipinski definition) is 1. The number of para-hydroxylation sites is 2. The molecule has 1 N–H and O–H groups in total.